The number of carbonyl (C=O) groups is 1. The first kappa shape index (κ1) is 21.8. The number of methoxy groups -OCH3 is 1. The van der Waals surface area contributed by atoms with Crippen molar-refractivity contribution in [3.05, 3.63) is 18.2 Å². The molecule has 0 aromatic heterocycles. The van der Waals surface area contributed by atoms with Crippen LogP contribution in [-0.4, -0.2) is 56.3 Å². The van der Waals surface area contributed by atoms with Gasteiger partial charge in [0.25, 0.3) is 0 Å². The fraction of sp³-hybridized carbons (Fsp3) is 0.696. The summed E-state index contributed by atoms with van der Waals surface area (Å²) in [5.41, 5.74) is 7.41. The zero-order valence-electron chi connectivity index (χ0n) is 18.4. The molecule has 2 aliphatic heterocycles. The second-order valence-electron chi connectivity index (χ2n) is 9.47. The summed E-state index contributed by atoms with van der Waals surface area (Å²) in [6, 6.07) is 6.05. The van der Waals surface area contributed by atoms with Crippen molar-refractivity contribution in [2.75, 3.05) is 50.5 Å². The normalized spacial score (nSPS) is 19.9. The van der Waals surface area contributed by atoms with Gasteiger partial charge in [-0.1, -0.05) is 0 Å². The minimum atomic E-state index is -0.392. The maximum atomic E-state index is 12.3. The van der Waals surface area contributed by atoms with Crippen LogP contribution >= 0.6 is 0 Å². The first-order chi connectivity index (χ1) is 13.7. The molecule has 6 heteroatoms. The Morgan fingerprint density at radius 2 is 1.76 bits per heavy atom. The summed E-state index contributed by atoms with van der Waals surface area (Å²) in [5.74, 6) is 1.51. The summed E-state index contributed by atoms with van der Waals surface area (Å²) in [6.45, 7) is 11.1. The first-order valence-corrected chi connectivity index (χ1v) is 10.9. The van der Waals surface area contributed by atoms with E-state index in [2.05, 4.69) is 15.9 Å². The maximum absolute atomic E-state index is 12.3. The molecule has 1 aromatic rings. The molecule has 2 heterocycles. The average molecular weight is 404 g/mol. The van der Waals surface area contributed by atoms with Crippen molar-refractivity contribution in [3.63, 3.8) is 0 Å². The van der Waals surface area contributed by atoms with E-state index in [0.29, 0.717) is 5.69 Å². The Labute approximate surface area is 175 Å². The molecule has 0 saturated carbocycles. The van der Waals surface area contributed by atoms with Crippen LogP contribution in [0.15, 0.2) is 18.2 Å². The predicted octanol–water partition coefficient (Wildman–Crippen LogP) is 3.55. The number of anilines is 2. The molecular formula is C23H37N3O3. The van der Waals surface area contributed by atoms with E-state index >= 15 is 0 Å². The van der Waals surface area contributed by atoms with Gasteiger partial charge in [-0.2, -0.15) is 0 Å². The largest absolute Gasteiger partial charge is 0.495 e. The van der Waals surface area contributed by atoms with Crippen molar-refractivity contribution in [1.82, 2.24) is 4.90 Å². The number of rotatable bonds is 5. The Morgan fingerprint density at radius 3 is 2.34 bits per heavy atom. The van der Waals surface area contributed by atoms with E-state index in [4.69, 9.17) is 15.2 Å². The quantitative estimate of drug-likeness (QED) is 0.599. The molecule has 3 rings (SSSR count). The molecule has 6 nitrogen and oxygen atoms in total. The molecule has 0 aliphatic carbocycles. The third-order valence-electron chi connectivity index (χ3n) is 6.04. The molecule has 2 saturated heterocycles. The van der Waals surface area contributed by atoms with Crippen molar-refractivity contribution in [2.24, 2.45) is 11.8 Å². The Bertz CT molecular complexity index is 685. The van der Waals surface area contributed by atoms with E-state index in [9.17, 15) is 4.79 Å². The highest BCUT2D eigenvalue weighted by molar-refractivity contribution is 5.73. The lowest BCUT2D eigenvalue weighted by Crippen LogP contribution is -2.43. The number of nitrogens with two attached hydrogens (primary N) is 1. The van der Waals surface area contributed by atoms with Crippen LogP contribution in [0.5, 0.6) is 5.75 Å². The second kappa shape index (κ2) is 9.24. The molecule has 0 spiro atoms. The summed E-state index contributed by atoms with van der Waals surface area (Å²) in [4.78, 5) is 17.2. The molecule has 1 aromatic carbocycles. The molecule has 0 unspecified atom stereocenters. The fourth-order valence-electron chi connectivity index (χ4n) is 4.37. The highest BCUT2D eigenvalue weighted by Crippen LogP contribution is 2.31. The van der Waals surface area contributed by atoms with Crippen LogP contribution in [0.2, 0.25) is 0 Å². The second-order valence-corrected chi connectivity index (χ2v) is 9.47. The molecule has 0 amide bonds. The molecule has 29 heavy (non-hydrogen) atoms. The number of nitrogens with zero attached hydrogens (tertiary/aromatic N) is 2. The van der Waals surface area contributed by atoms with E-state index in [1.165, 1.54) is 18.5 Å². The lowest BCUT2D eigenvalue weighted by atomic mass is 9.92. The minimum Gasteiger partial charge on any atom is -0.495 e. The number of benzene rings is 1. The zero-order chi connectivity index (χ0) is 21.0. The maximum Gasteiger partial charge on any atom is 0.309 e. The third kappa shape index (κ3) is 6.01. The molecule has 2 fully saturated rings. The summed E-state index contributed by atoms with van der Waals surface area (Å²) in [6.07, 6.45) is 4.22. The number of carbonyl (C=O) groups excluding carboxylic acids is 1. The van der Waals surface area contributed by atoms with Gasteiger partial charge in [-0.15, -0.1) is 0 Å². The van der Waals surface area contributed by atoms with E-state index in [1.807, 2.05) is 32.9 Å². The van der Waals surface area contributed by atoms with Gasteiger partial charge < -0.3 is 25.0 Å². The van der Waals surface area contributed by atoms with Gasteiger partial charge in [-0.05, 0) is 77.6 Å². The average Bonchev–Trinajstić information content (AvgIpc) is 2.68. The van der Waals surface area contributed by atoms with Crippen LogP contribution in [0, 0.1) is 11.8 Å². The van der Waals surface area contributed by atoms with Crippen LogP contribution in [0.1, 0.15) is 46.5 Å². The highest BCUT2D eigenvalue weighted by Gasteiger charge is 2.30. The number of ether oxygens (including phenoxy) is 2. The molecule has 0 atom stereocenters. The predicted molar refractivity (Wildman–Crippen MR) is 117 cm³/mol. The van der Waals surface area contributed by atoms with E-state index in [1.54, 1.807) is 7.11 Å². The van der Waals surface area contributed by atoms with Crippen molar-refractivity contribution >= 4 is 17.3 Å². The number of esters is 1. The molecule has 0 radical (unpaired) electrons. The Kier molecular flexibility index (Phi) is 6.93. The number of hydrogen-bond acceptors (Lipinski definition) is 6. The van der Waals surface area contributed by atoms with E-state index < -0.39 is 5.60 Å². The summed E-state index contributed by atoms with van der Waals surface area (Å²) >= 11 is 0. The molecule has 2 aliphatic rings. The fourth-order valence-corrected chi connectivity index (χ4v) is 4.37. The first-order valence-electron chi connectivity index (χ1n) is 10.9. The van der Waals surface area contributed by atoms with Gasteiger partial charge >= 0.3 is 5.97 Å². The minimum absolute atomic E-state index is 0.0237. The van der Waals surface area contributed by atoms with E-state index in [-0.39, 0.29) is 11.9 Å². The van der Waals surface area contributed by atoms with Crippen molar-refractivity contribution in [3.8, 4) is 5.75 Å². The summed E-state index contributed by atoms with van der Waals surface area (Å²) in [7, 11) is 1.66. The summed E-state index contributed by atoms with van der Waals surface area (Å²) in [5, 5.41) is 0. The lowest BCUT2D eigenvalue weighted by Gasteiger charge is -2.38. The SMILES string of the molecule is COc1cc(N2CCC(CN3CCC(C(=O)OC(C)(C)C)CC3)CC2)ccc1N. The topological polar surface area (TPSA) is 68.0 Å². The van der Waals surface area contributed by atoms with Gasteiger partial charge in [0, 0.05) is 31.4 Å². The summed E-state index contributed by atoms with van der Waals surface area (Å²) < 4.78 is 10.9. The van der Waals surface area contributed by atoms with Gasteiger partial charge in [0.15, 0.2) is 0 Å². The van der Waals surface area contributed by atoms with Crippen molar-refractivity contribution < 1.29 is 14.3 Å². The molecule has 0 bridgehead atoms. The smallest absolute Gasteiger partial charge is 0.309 e. The van der Waals surface area contributed by atoms with Crippen molar-refractivity contribution in [2.45, 2.75) is 52.1 Å². The molecule has 162 valence electrons. The van der Waals surface area contributed by atoms with Crippen LogP contribution in [-0.2, 0) is 9.53 Å². The molecular weight excluding hydrogens is 366 g/mol. The van der Waals surface area contributed by atoms with Gasteiger partial charge in [0.05, 0.1) is 18.7 Å². The highest BCUT2D eigenvalue weighted by atomic mass is 16.6. The van der Waals surface area contributed by atoms with Crippen LogP contribution in [0.4, 0.5) is 11.4 Å². The van der Waals surface area contributed by atoms with Gasteiger partial charge in [-0.25, -0.2) is 0 Å². The lowest BCUT2D eigenvalue weighted by molar-refractivity contribution is -0.161. The van der Waals surface area contributed by atoms with Crippen LogP contribution < -0.4 is 15.4 Å². The Hall–Kier alpha value is -1.95. The number of piperidine rings is 2. The Morgan fingerprint density at radius 1 is 1.10 bits per heavy atom. The number of hydrogen-bond donors (Lipinski definition) is 1. The number of likely N-dealkylation sites (tertiary alicyclic amines) is 1. The third-order valence-corrected chi connectivity index (χ3v) is 6.04. The Balaban J connectivity index is 1.42. The monoisotopic (exact) mass is 403 g/mol. The number of nitrogen functional groups attached to an aromatic ring is 1. The van der Waals surface area contributed by atoms with Crippen LogP contribution in [0.25, 0.3) is 0 Å². The van der Waals surface area contributed by atoms with Crippen LogP contribution in [0.3, 0.4) is 0 Å². The van der Waals surface area contributed by atoms with E-state index in [0.717, 1.165) is 57.2 Å². The standard InChI is InChI=1S/C23H37N3O3/c1-23(2,3)29-22(27)18-9-11-25(12-10-18)16-17-7-13-26(14-8-17)19-5-6-20(24)21(15-19)28-4/h5-6,15,17-18H,7-14,16,24H2,1-4H3. The van der Waals surface area contributed by atoms with Gasteiger partial charge in [0.2, 0.25) is 0 Å². The van der Waals surface area contributed by atoms with Gasteiger partial charge in [-0.3, -0.25) is 4.79 Å². The van der Waals surface area contributed by atoms with Crippen molar-refractivity contribution in [1.29, 1.82) is 0 Å². The molecule has 2 N–H and O–H groups in total. The zero-order valence-corrected chi connectivity index (χ0v) is 18.4. The van der Waals surface area contributed by atoms with Gasteiger partial charge in [0.1, 0.15) is 11.4 Å².